The highest BCUT2D eigenvalue weighted by Gasteiger charge is 2.53. The zero-order valence-corrected chi connectivity index (χ0v) is 23.0. The van der Waals surface area contributed by atoms with Crippen LogP contribution in [0.3, 0.4) is 0 Å². The Morgan fingerprint density at radius 1 is 1.25 bits per heavy atom. The molecule has 0 spiro atoms. The minimum atomic E-state index is -1.20. The predicted molar refractivity (Wildman–Crippen MR) is 143 cm³/mol. The van der Waals surface area contributed by atoms with Crippen LogP contribution in [0.15, 0.2) is 57.1 Å². The molecule has 1 aromatic carbocycles. The number of β-lactam (4-membered cyclic amide) rings is 1. The van der Waals surface area contributed by atoms with Crippen LogP contribution in [0.2, 0.25) is 10.0 Å². The van der Waals surface area contributed by atoms with Crippen LogP contribution in [-0.2, 0) is 14.4 Å². The number of aromatic nitrogens is 2. The molecular weight excluding hydrogens is 563 g/mol. The van der Waals surface area contributed by atoms with E-state index in [2.05, 4.69) is 15.3 Å². The summed E-state index contributed by atoms with van der Waals surface area (Å²) in [6.45, 7) is 3.75. The van der Waals surface area contributed by atoms with Gasteiger partial charge in [0.05, 0.1) is 10.8 Å². The number of aryl methyl sites for hydroxylation is 2. The third kappa shape index (κ3) is 6.03. The molecule has 2 aliphatic rings. The molecule has 36 heavy (non-hydrogen) atoms. The van der Waals surface area contributed by atoms with Gasteiger partial charge in [-0.1, -0.05) is 35.0 Å². The second kappa shape index (κ2) is 11.5. The van der Waals surface area contributed by atoms with E-state index in [1.807, 2.05) is 19.9 Å². The average molecular weight is 584 g/mol. The second-order valence-electron chi connectivity index (χ2n) is 7.85. The molecule has 0 bridgehead atoms. The van der Waals surface area contributed by atoms with Gasteiger partial charge in [0.15, 0.2) is 5.16 Å². The monoisotopic (exact) mass is 582 g/mol. The Morgan fingerprint density at radius 3 is 2.67 bits per heavy atom. The molecule has 2 atom stereocenters. The smallest absolute Gasteiger partial charge is 0.352 e. The van der Waals surface area contributed by atoms with Gasteiger partial charge < -0.3 is 10.4 Å². The molecule has 13 heteroatoms. The molecule has 188 valence electrons. The minimum Gasteiger partial charge on any atom is -0.477 e. The van der Waals surface area contributed by atoms with Gasteiger partial charge >= 0.3 is 5.97 Å². The lowest BCUT2D eigenvalue weighted by molar-refractivity contribution is -0.150. The Kier molecular flexibility index (Phi) is 8.56. The highest BCUT2D eigenvalue weighted by Crippen LogP contribution is 2.41. The molecule has 0 aliphatic carbocycles. The number of thioether (sulfide) groups is 3. The number of hydrogen-bond acceptors (Lipinski definition) is 8. The molecule has 4 rings (SSSR count). The zero-order chi connectivity index (χ0) is 26.0. The summed E-state index contributed by atoms with van der Waals surface area (Å²) in [5.41, 5.74) is 2.11. The topological polar surface area (TPSA) is 112 Å². The first-order chi connectivity index (χ1) is 17.1. The summed E-state index contributed by atoms with van der Waals surface area (Å²) in [5, 5.41) is 15.3. The Morgan fingerprint density at radius 2 is 1.97 bits per heavy atom. The maximum Gasteiger partial charge on any atom is 0.352 e. The van der Waals surface area contributed by atoms with E-state index in [0.717, 1.165) is 11.4 Å². The summed E-state index contributed by atoms with van der Waals surface area (Å²) in [4.78, 5) is 48.0. The number of halogens is 2. The van der Waals surface area contributed by atoms with Crippen molar-refractivity contribution in [3.8, 4) is 0 Å². The van der Waals surface area contributed by atoms with Crippen molar-refractivity contribution < 1.29 is 19.5 Å². The largest absolute Gasteiger partial charge is 0.477 e. The van der Waals surface area contributed by atoms with Gasteiger partial charge in [0.1, 0.15) is 17.1 Å². The number of hydrogen-bond donors (Lipinski definition) is 2. The van der Waals surface area contributed by atoms with Gasteiger partial charge in [-0.25, -0.2) is 14.8 Å². The van der Waals surface area contributed by atoms with Crippen molar-refractivity contribution in [3.63, 3.8) is 0 Å². The van der Waals surface area contributed by atoms with E-state index < -0.39 is 23.3 Å². The van der Waals surface area contributed by atoms with Crippen LogP contribution in [0.25, 0.3) is 0 Å². The molecule has 1 aromatic heterocycles. The van der Waals surface area contributed by atoms with E-state index >= 15 is 0 Å². The lowest BCUT2D eigenvalue weighted by Gasteiger charge is -2.49. The van der Waals surface area contributed by atoms with Crippen molar-refractivity contribution in [2.75, 3.05) is 11.5 Å². The number of fused-ring (bicyclic) bond motifs is 1. The summed E-state index contributed by atoms with van der Waals surface area (Å²) in [5.74, 6) is -1.60. The van der Waals surface area contributed by atoms with Gasteiger partial charge in [-0.3, -0.25) is 14.5 Å². The van der Waals surface area contributed by atoms with E-state index in [-0.39, 0.29) is 17.4 Å². The van der Waals surface area contributed by atoms with Crippen LogP contribution in [0.5, 0.6) is 0 Å². The van der Waals surface area contributed by atoms with Crippen molar-refractivity contribution in [2.45, 2.75) is 35.3 Å². The molecule has 2 aliphatic heterocycles. The number of rotatable bonds is 8. The number of carboxylic acid groups (broad SMARTS) is 1. The Balaban J connectivity index is 1.40. The minimum absolute atomic E-state index is 0.0363. The van der Waals surface area contributed by atoms with Crippen molar-refractivity contribution >= 4 is 76.3 Å². The molecular formula is C23H20Cl2N4O4S3. The van der Waals surface area contributed by atoms with E-state index in [0.29, 0.717) is 31.4 Å². The van der Waals surface area contributed by atoms with Crippen LogP contribution in [0.1, 0.15) is 11.4 Å². The number of amides is 2. The lowest BCUT2D eigenvalue weighted by Crippen LogP contribution is -2.70. The van der Waals surface area contributed by atoms with Crippen molar-refractivity contribution in [1.82, 2.24) is 20.2 Å². The normalized spacial score (nSPS) is 19.3. The van der Waals surface area contributed by atoms with Crippen molar-refractivity contribution in [3.05, 3.63) is 68.5 Å². The summed E-state index contributed by atoms with van der Waals surface area (Å²) in [7, 11) is 0. The lowest BCUT2D eigenvalue weighted by atomic mass is 10.0. The first-order valence-corrected chi connectivity index (χ1v) is 14.2. The number of allylic oxidation sites excluding steroid dienone is 1. The van der Waals surface area contributed by atoms with Gasteiger partial charge in [0, 0.05) is 27.1 Å². The quantitative estimate of drug-likeness (QED) is 0.263. The maximum atomic E-state index is 12.8. The second-order valence-corrected chi connectivity index (χ2v) is 11.7. The molecule has 0 saturated carbocycles. The molecule has 2 unspecified atom stereocenters. The van der Waals surface area contributed by atoms with Gasteiger partial charge in [-0.2, -0.15) is 0 Å². The highest BCUT2D eigenvalue weighted by molar-refractivity contribution is 8.02. The van der Waals surface area contributed by atoms with Crippen LogP contribution in [0.4, 0.5) is 0 Å². The first-order valence-electron chi connectivity index (χ1n) is 10.6. The first kappa shape index (κ1) is 26.9. The SMILES string of the molecule is Cc1cc(C)nc(S/C=C/C2=C(C(=O)O)N3C(=O)C(NC(=O)CSc4cc(Cl)ccc4Cl)C3SC2)n1. The predicted octanol–water partition coefficient (Wildman–Crippen LogP) is 4.54. The molecule has 1 saturated heterocycles. The van der Waals surface area contributed by atoms with Crippen molar-refractivity contribution in [1.29, 1.82) is 0 Å². The summed E-state index contributed by atoms with van der Waals surface area (Å²) in [6, 6.07) is 6.04. The molecule has 0 radical (unpaired) electrons. The number of carbonyl (C=O) groups is 3. The van der Waals surface area contributed by atoms with Crippen molar-refractivity contribution in [2.24, 2.45) is 0 Å². The van der Waals surface area contributed by atoms with Crippen LogP contribution in [-0.4, -0.2) is 60.7 Å². The number of carboxylic acids is 1. The third-order valence-corrected chi connectivity index (χ3v) is 8.87. The molecule has 8 nitrogen and oxygen atoms in total. The fourth-order valence-corrected chi connectivity index (χ4v) is 7.01. The number of nitrogens with zero attached hydrogens (tertiary/aromatic N) is 3. The number of carbonyl (C=O) groups excluding carboxylic acids is 2. The van der Waals surface area contributed by atoms with E-state index in [4.69, 9.17) is 23.2 Å². The molecule has 2 N–H and O–H groups in total. The number of nitrogens with one attached hydrogen (secondary N) is 1. The fourth-order valence-electron chi connectivity index (χ4n) is 3.64. The molecule has 1 fully saturated rings. The third-order valence-electron chi connectivity index (χ3n) is 5.17. The average Bonchev–Trinajstić information content (AvgIpc) is 2.82. The van der Waals surface area contributed by atoms with E-state index in [1.165, 1.54) is 40.2 Å². The Labute approximate surface area is 230 Å². The summed E-state index contributed by atoms with van der Waals surface area (Å²) in [6.07, 6.45) is 1.67. The van der Waals surface area contributed by atoms with Crippen LogP contribution < -0.4 is 5.32 Å². The van der Waals surface area contributed by atoms with Gasteiger partial charge in [-0.05, 0) is 55.2 Å². The summed E-state index contributed by atoms with van der Waals surface area (Å²) < 4.78 is 0. The highest BCUT2D eigenvalue weighted by atomic mass is 35.5. The molecule has 2 amide bonds. The standard InChI is InChI=1S/C23H20Cl2N4O4S3/c1-11-7-12(2)27-23(26-11)34-6-5-13-9-36-21-18(20(31)29(21)19(13)22(32)33)28-17(30)10-35-16-8-14(24)3-4-15(16)25/h3-8,18,21H,9-10H2,1-2H3,(H,28,30)(H,32,33)/b6-5+. The van der Waals surface area contributed by atoms with Gasteiger partial charge in [-0.15, -0.1) is 23.5 Å². The van der Waals surface area contributed by atoms with Crippen LogP contribution >= 0.6 is 58.5 Å². The molecule has 2 aromatic rings. The number of benzene rings is 1. The maximum absolute atomic E-state index is 12.8. The number of aliphatic carboxylic acids is 1. The Hall–Kier alpha value is -2.18. The van der Waals surface area contributed by atoms with Gasteiger partial charge in [0.25, 0.3) is 5.91 Å². The van der Waals surface area contributed by atoms with E-state index in [1.54, 1.807) is 29.7 Å². The van der Waals surface area contributed by atoms with Crippen LogP contribution in [0, 0.1) is 13.8 Å². The van der Waals surface area contributed by atoms with E-state index in [9.17, 15) is 19.5 Å². The zero-order valence-electron chi connectivity index (χ0n) is 19.0. The fraction of sp³-hybridized carbons (Fsp3) is 0.261. The molecule has 3 heterocycles. The Bertz CT molecular complexity index is 1280. The summed E-state index contributed by atoms with van der Waals surface area (Å²) >= 11 is 16.0. The van der Waals surface area contributed by atoms with Gasteiger partial charge in [0.2, 0.25) is 5.91 Å².